The van der Waals surface area contributed by atoms with Crippen LogP contribution in [-0.4, -0.2) is 91.8 Å². The van der Waals surface area contributed by atoms with Crippen LogP contribution in [0.2, 0.25) is 0 Å². The first-order valence-corrected chi connectivity index (χ1v) is 11.1. The molecule has 2 fully saturated rings. The van der Waals surface area contributed by atoms with Gasteiger partial charge in [0.1, 0.15) is 0 Å². The van der Waals surface area contributed by atoms with Crippen LogP contribution in [-0.2, 0) is 4.74 Å². The number of anilines is 1. The molecule has 1 N–H and O–H groups in total. The quantitative estimate of drug-likeness (QED) is 0.578. The highest BCUT2D eigenvalue weighted by atomic mass is 16.5. The van der Waals surface area contributed by atoms with Crippen LogP contribution in [0.1, 0.15) is 17.2 Å². The Hall–Kier alpha value is -2.71. The van der Waals surface area contributed by atoms with E-state index < -0.39 is 0 Å². The molecule has 0 saturated carbocycles. The number of benzene rings is 1. The van der Waals surface area contributed by atoms with Crippen molar-refractivity contribution < 1.29 is 4.74 Å². The highest BCUT2D eigenvalue weighted by molar-refractivity contribution is 5.80. The summed E-state index contributed by atoms with van der Waals surface area (Å²) >= 11 is 0. The monoisotopic (exact) mass is 423 g/mol. The molecule has 0 bridgehead atoms. The summed E-state index contributed by atoms with van der Waals surface area (Å²) in [7, 11) is 1.87. The maximum Gasteiger partial charge on any atom is 0.225 e. The molecule has 166 valence electrons. The Morgan fingerprint density at radius 1 is 1.03 bits per heavy atom. The number of ether oxygens (including phenoxy) is 1. The number of piperazine rings is 1. The van der Waals surface area contributed by atoms with Crippen molar-refractivity contribution in [2.75, 3.05) is 71.0 Å². The van der Waals surface area contributed by atoms with E-state index in [1.165, 1.54) is 11.1 Å². The molecule has 0 radical (unpaired) electrons. The Balaban J connectivity index is 1.38. The lowest BCUT2D eigenvalue weighted by atomic mass is 10.0. The molecular formula is C23H33N7O. The molecule has 1 unspecified atom stereocenters. The predicted molar refractivity (Wildman–Crippen MR) is 123 cm³/mol. The standard InChI is InChI=1S/C23H33N7O/c1-19-4-6-20(7-5-19)21(28-14-16-31-17-15-28)18-27-22(24-2)29-10-12-30(13-11-29)23-25-8-3-9-26-23/h3-9,21H,10-18H2,1-2H3,(H,24,27). The minimum Gasteiger partial charge on any atom is -0.379 e. The van der Waals surface area contributed by atoms with Crippen molar-refractivity contribution in [2.24, 2.45) is 4.99 Å². The first kappa shape index (κ1) is 21.5. The zero-order valence-electron chi connectivity index (χ0n) is 18.6. The summed E-state index contributed by atoms with van der Waals surface area (Å²) < 4.78 is 5.58. The number of nitrogens with one attached hydrogen (secondary N) is 1. The number of aromatic nitrogens is 2. The van der Waals surface area contributed by atoms with E-state index in [4.69, 9.17) is 4.74 Å². The summed E-state index contributed by atoms with van der Waals surface area (Å²) in [5, 5.41) is 3.65. The van der Waals surface area contributed by atoms with Crippen molar-refractivity contribution in [3.05, 3.63) is 53.9 Å². The van der Waals surface area contributed by atoms with Crippen LogP contribution in [0.4, 0.5) is 5.95 Å². The number of aryl methyl sites for hydroxylation is 1. The number of nitrogens with zero attached hydrogens (tertiary/aromatic N) is 6. The van der Waals surface area contributed by atoms with Gasteiger partial charge in [-0.25, -0.2) is 9.97 Å². The minimum atomic E-state index is 0.292. The molecule has 31 heavy (non-hydrogen) atoms. The van der Waals surface area contributed by atoms with Crippen LogP contribution >= 0.6 is 0 Å². The van der Waals surface area contributed by atoms with E-state index in [9.17, 15) is 0 Å². The van der Waals surface area contributed by atoms with E-state index in [0.717, 1.165) is 70.9 Å². The average molecular weight is 424 g/mol. The molecular weight excluding hydrogens is 390 g/mol. The van der Waals surface area contributed by atoms with Gasteiger partial charge in [-0.15, -0.1) is 0 Å². The van der Waals surface area contributed by atoms with E-state index >= 15 is 0 Å². The minimum absolute atomic E-state index is 0.292. The van der Waals surface area contributed by atoms with E-state index in [1.54, 1.807) is 12.4 Å². The lowest BCUT2D eigenvalue weighted by Gasteiger charge is -2.38. The first-order valence-electron chi connectivity index (χ1n) is 11.1. The Morgan fingerprint density at radius 3 is 2.35 bits per heavy atom. The van der Waals surface area contributed by atoms with E-state index in [1.807, 2.05) is 13.1 Å². The molecule has 1 aromatic carbocycles. The Kier molecular flexibility index (Phi) is 7.32. The van der Waals surface area contributed by atoms with Gasteiger partial charge in [-0.1, -0.05) is 29.8 Å². The van der Waals surface area contributed by atoms with Gasteiger partial charge in [-0.2, -0.15) is 0 Å². The van der Waals surface area contributed by atoms with E-state index in [-0.39, 0.29) is 0 Å². The van der Waals surface area contributed by atoms with Gasteiger partial charge in [-0.3, -0.25) is 9.89 Å². The molecule has 4 rings (SSSR count). The Morgan fingerprint density at radius 2 is 1.71 bits per heavy atom. The van der Waals surface area contributed by atoms with Crippen molar-refractivity contribution in [3.8, 4) is 0 Å². The molecule has 8 heteroatoms. The maximum atomic E-state index is 5.58. The van der Waals surface area contributed by atoms with Crippen LogP contribution < -0.4 is 10.2 Å². The van der Waals surface area contributed by atoms with Gasteiger partial charge >= 0.3 is 0 Å². The smallest absolute Gasteiger partial charge is 0.225 e. The van der Waals surface area contributed by atoms with Gasteiger partial charge in [0.2, 0.25) is 5.95 Å². The molecule has 0 aliphatic carbocycles. The van der Waals surface area contributed by atoms with Crippen LogP contribution in [0.15, 0.2) is 47.7 Å². The third kappa shape index (κ3) is 5.51. The van der Waals surface area contributed by atoms with Crippen molar-refractivity contribution >= 4 is 11.9 Å². The molecule has 1 atom stereocenters. The fourth-order valence-electron chi connectivity index (χ4n) is 4.23. The highest BCUT2D eigenvalue weighted by Gasteiger charge is 2.25. The fourth-order valence-corrected chi connectivity index (χ4v) is 4.23. The third-order valence-electron chi connectivity index (χ3n) is 6.03. The number of guanidine groups is 1. The Labute approximate surface area is 184 Å². The van der Waals surface area contributed by atoms with Crippen molar-refractivity contribution in [1.29, 1.82) is 0 Å². The summed E-state index contributed by atoms with van der Waals surface area (Å²) in [6.07, 6.45) is 3.60. The lowest BCUT2D eigenvalue weighted by Crippen LogP contribution is -2.54. The third-order valence-corrected chi connectivity index (χ3v) is 6.03. The molecule has 2 aliphatic rings. The largest absolute Gasteiger partial charge is 0.379 e. The zero-order valence-corrected chi connectivity index (χ0v) is 18.6. The molecule has 2 aromatic rings. The molecule has 2 aliphatic heterocycles. The number of rotatable bonds is 5. The number of morpholine rings is 1. The first-order chi connectivity index (χ1) is 15.2. The van der Waals surface area contributed by atoms with Gasteiger partial charge in [0.15, 0.2) is 5.96 Å². The fraction of sp³-hybridized carbons (Fsp3) is 0.522. The van der Waals surface area contributed by atoms with Crippen LogP contribution in [0, 0.1) is 6.92 Å². The SMILES string of the molecule is CN=C(NCC(c1ccc(C)cc1)N1CCOCC1)N1CCN(c2ncccn2)CC1. The second-order valence-electron chi connectivity index (χ2n) is 8.03. The topological polar surface area (TPSA) is 69.1 Å². The summed E-state index contributed by atoms with van der Waals surface area (Å²) in [5.41, 5.74) is 2.62. The number of hydrogen-bond acceptors (Lipinski definition) is 6. The van der Waals surface area contributed by atoms with Crippen molar-refractivity contribution in [2.45, 2.75) is 13.0 Å². The summed E-state index contributed by atoms with van der Waals surface area (Å²) in [6, 6.07) is 11.0. The summed E-state index contributed by atoms with van der Waals surface area (Å²) in [6.45, 7) is 10.00. The summed E-state index contributed by atoms with van der Waals surface area (Å²) in [4.78, 5) is 20.4. The number of hydrogen-bond donors (Lipinski definition) is 1. The molecule has 2 saturated heterocycles. The average Bonchev–Trinajstić information content (AvgIpc) is 2.84. The van der Waals surface area contributed by atoms with Crippen LogP contribution in [0.3, 0.4) is 0 Å². The maximum absolute atomic E-state index is 5.58. The predicted octanol–water partition coefficient (Wildman–Crippen LogP) is 1.56. The molecule has 3 heterocycles. The Bertz CT molecular complexity index is 829. The normalized spacial score (nSPS) is 19.4. The second-order valence-corrected chi connectivity index (χ2v) is 8.03. The van der Waals surface area contributed by atoms with E-state index in [0.29, 0.717) is 6.04 Å². The molecule has 1 aromatic heterocycles. The van der Waals surface area contributed by atoms with Gasteiger partial charge in [0.05, 0.1) is 19.3 Å². The van der Waals surface area contributed by atoms with Gasteiger partial charge in [0.25, 0.3) is 0 Å². The van der Waals surface area contributed by atoms with Gasteiger partial charge < -0.3 is 19.9 Å². The van der Waals surface area contributed by atoms with Crippen LogP contribution in [0.5, 0.6) is 0 Å². The highest BCUT2D eigenvalue weighted by Crippen LogP contribution is 2.22. The van der Waals surface area contributed by atoms with Crippen LogP contribution in [0.25, 0.3) is 0 Å². The molecule has 8 nitrogen and oxygen atoms in total. The van der Waals surface area contributed by atoms with E-state index in [2.05, 4.69) is 66.2 Å². The number of aliphatic imine (C=N–C) groups is 1. The van der Waals surface area contributed by atoms with Crippen molar-refractivity contribution in [3.63, 3.8) is 0 Å². The summed E-state index contributed by atoms with van der Waals surface area (Å²) in [5.74, 6) is 1.76. The molecule has 0 spiro atoms. The zero-order chi connectivity index (χ0) is 21.5. The second kappa shape index (κ2) is 10.5. The molecule has 0 amide bonds. The van der Waals surface area contributed by atoms with Gasteiger partial charge in [0, 0.05) is 65.3 Å². The van der Waals surface area contributed by atoms with Gasteiger partial charge in [-0.05, 0) is 18.6 Å². The lowest BCUT2D eigenvalue weighted by molar-refractivity contribution is 0.0169. The van der Waals surface area contributed by atoms with Crippen molar-refractivity contribution in [1.82, 2.24) is 25.1 Å².